The average Bonchev–Trinajstić information content (AvgIpc) is 2.99. The van der Waals surface area contributed by atoms with Crippen LogP contribution >= 0.6 is 0 Å². The summed E-state index contributed by atoms with van der Waals surface area (Å²) in [7, 11) is 0. The molecule has 0 saturated heterocycles. The van der Waals surface area contributed by atoms with E-state index in [1.54, 1.807) is 0 Å². The van der Waals surface area contributed by atoms with E-state index >= 15 is 0 Å². The van der Waals surface area contributed by atoms with E-state index < -0.39 is 154 Å². The first kappa shape index (κ1) is 42.6. The maximum absolute atomic E-state index is 13.3. The molecule has 0 rings (SSSR count). The normalized spacial score (nSPS) is 14.4. The number of hydrogen-bond donors (Lipinski definition) is 12. The van der Waals surface area contributed by atoms with Gasteiger partial charge in [-0.15, -0.1) is 0 Å². The minimum Gasteiger partial charge on any atom is -0.481 e. The van der Waals surface area contributed by atoms with Crippen LogP contribution in [0.5, 0.6) is 0 Å². The van der Waals surface area contributed by atoms with Crippen molar-refractivity contribution in [1.82, 2.24) is 26.6 Å². The molecule has 0 spiro atoms. The van der Waals surface area contributed by atoms with Gasteiger partial charge >= 0.3 is 29.8 Å². The summed E-state index contributed by atoms with van der Waals surface area (Å²) < 4.78 is 0. The lowest BCUT2D eigenvalue weighted by Crippen LogP contribution is -2.59. The number of aliphatic carboxylic acids is 5. The number of carbonyl (C=O) groups excluding carboxylic acids is 5. The van der Waals surface area contributed by atoms with Crippen LogP contribution in [0.1, 0.15) is 58.3 Å². The monoisotopic (exact) mass is 692 g/mol. The number of nitrogens with one attached hydrogen (secondary N) is 5. The van der Waals surface area contributed by atoms with Crippen molar-refractivity contribution >= 4 is 59.4 Å². The minimum absolute atomic E-state index is 0.539. The molecule has 270 valence electrons. The lowest BCUT2D eigenvalue weighted by atomic mass is 10.0. The zero-order valence-corrected chi connectivity index (χ0v) is 25.7. The highest BCUT2D eigenvalue weighted by atomic mass is 16.4. The molecule has 0 radical (unpaired) electrons. The Labute approximate surface area is 271 Å². The van der Waals surface area contributed by atoms with Crippen LogP contribution in [0.2, 0.25) is 0 Å². The third-order valence-electron chi connectivity index (χ3n) is 6.38. The smallest absolute Gasteiger partial charge is 0.325 e. The summed E-state index contributed by atoms with van der Waals surface area (Å²) in [6.45, 7) is 0.232. The molecule has 0 heterocycles. The minimum atomic E-state index is -1.79. The molecule has 0 aliphatic carbocycles. The van der Waals surface area contributed by atoms with E-state index in [9.17, 15) is 47.9 Å². The molecule has 5 amide bonds. The van der Waals surface area contributed by atoms with E-state index in [4.69, 9.17) is 36.4 Å². The van der Waals surface area contributed by atoms with Gasteiger partial charge in [-0.1, -0.05) is 0 Å². The number of aliphatic hydroxyl groups excluding tert-OH is 1. The Kier molecular flexibility index (Phi) is 19.0. The van der Waals surface area contributed by atoms with Gasteiger partial charge in [0.15, 0.2) is 0 Å². The van der Waals surface area contributed by atoms with Crippen LogP contribution in [0.15, 0.2) is 0 Å². The molecule has 22 heteroatoms. The second-order valence-corrected chi connectivity index (χ2v) is 10.3. The van der Waals surface area contributed by atoms with Crippen molar-refractivity contribution in [2.45, 2.75) is 94.5 Å². The summed E-state index contributed by atoms with van der Waals surface area (Å²) in [4.78, 5) is 120. The molecule has 0 aromatic carbocycles. The lowest BCUT2D eigenvalue weighted by Gasteiger charge is -2.26. The van der Waals surface area contributed by atoms with Crippen molar-refractivity contribution in [2.75, 3.05) is 6.61 Å². The van der Waals surface area contributed by atoms with Gasteiger partial charge in [-0.2, -0.15) is 0 Å². The van der Waals surface area contributed by atoms with Crippen LogP contribution in [0.3, 0.4) is 0 Å². The number of aliphatic hydroxyl groups is 1. The van der Waals surface area contributed by atoms with Gasteiger partial charge in [0.2, 0.25) is 29.5 Å². The fourth-order valence-corrected chi connectivity index (χ4v) is 3.70. The summed E-state index contributed by atoms with van der Waals surface area (Å²) in [5.74, 6) is -13.0. The molecule has 22 nitrogen and oxygen atoms in total. The summed E-state index contributed by atoms with van der Waals surface area (Å²) in [6, 6.07) is -9.89. The first-order chi connectivity index (χ1) is 22.3. The van der Waals surface area contributed by atoms with E-state index in [1.807, 2.05) is 5.32 Å². The van der Waals surface area contributed by atoms with Gasteiger partial charge in [0.1, 0.15) is 36.3 Å². The highest BCUT2D eigenvalue weighted by Crippen LogP contribution is 2.08. The van der Waals surface area contributed by atoms with Crippen LogP contribution in [-0.2, 0) is 47.9 Å². The van der Waals surface area contributed by atoms with Gasteiger partial charge in [0.25, 0.3) is 0 Å². The van der Waals surface area contributed by atoms with Crippen molar-refractivity contribution in [2.24, 2.45) is 5.73 Å². The van der Waals surface area contributed by atoms with Gasteiger partial charge in [0.05, 0.1) is 6.61 Å². The molecule has 48 heavy (non-hydrogen) atoms. The fraction of sp³-hybridized carbons (Fsp3) is 0.615. The van der Waals surface area contributed by atoms with E-state index in [2.05, 4.69) is 21.3 Å². The Balaban J connectivity index is 6.25. The van der Waals surface area contributed by atoms with E-state index in [0.717, 1.165) is 6.92 Å². The maximum atomic E-state index is 13.3. The van der Waals surface area contributed by atoms with Crippen molar-refractivity contribution in [3.8, 4) is 0 Å². The van der Waals surface area contributed by atoms with E-state index in [-0.39, 0.29) is 0 Å². The Hall–Kier alpha value is -5.38. The van der Waals surface area contributed by atoms with Crippen molar-refractivity contribution < 1.29 is 78.6 Å². The Bertz CT molecular complexity index is 1230. The first-order valence-electron chi connectivity index (χ1n) is 14.3. The number of rotatable bonds is 24. The molecular weight excluding hydrogens is 652 g/mol. The predicted octanol–water partition coefficient (Wildman–Crippen LogP) is -4.71. The average molecular weight is 693 g/mol. The Morgan fingerprint density at radius 1 is 0.479 bits per heavy atom. The fourth-order valence-electron chi connectivity index (χ4n) is 3.70. The molecule has 0 saturated carbocycles. The van der Waals surface area contributed by atoms with Gasteiger partial charge in [-0.3, -0.25) is 47.9 Å². The second-order valence-electron chi connectivity index (χ2n) is 10.3. The molecule has 0 unspecified atom stereocenters. The van der Waals surface area contributed by atoms with Crippen LogP contribution < -0.4 is 32.3 Å². The second kappa shape index (κ2) is 21.4. The van der Waals surface area contributed by atoms with Crippen molar-refractivity contribution in [3.63, 3.8) is 0 Å². The molecule has 0 fully saturated rings. The Morgan fingerprint density at radius 2 is 0.729 bits per heavy atom. The molecule has 0 aliphatic heterocycles. The van der Waals surface area contributed by atoms with Crippen LogP contribution in [-0.4, -0.2) is 133 Å². The van der Waals surface area contributed by atoms with Crippen molar-refractivity contribution in [3.05, 3.63) is 0 Å². The first-order valence-corrected chi connectivity index (χ1v) is 14.3. The third-order valence-corrected chi connectivity index (χ3v) is 6.38. The van der Waals surface area contributed by atoms with Crippen LogP contribution in [0.25, 0.3) is 0 Å². The van der Waals surface area contributed by atoms with Gasteiger partial charge in [-0.25, -0.2) is 0 Å². The summed E-state index contributed by atoms with van der Waals surface area (Å²) in [6.07, 6.45) is -5.21. The van der Waals surface area contributed by atoms with Crippen LogP contribution in [0, 0.1) is 0 Å². The third kappa shape index (κ3) is 17.4. The number of amides is 5. The zero-order valence-electron chi connectivity index (χ0n) is 25.7. The molecular formula is C26H40N6O16. The zero-order chi connectivity index (χ0) is 37.1. The number of carboxylic acids is 5. The van der Waals surface area contributed by atoms with Crippen molar-refractivity contribution in [1.29, 1.82) is 0 Å². The topological polar surface area (TPSA) is 378 Å². The van der Waals surface area contributed by atoms with E-state index in [1.165, 1.54) is 0 Å². The molecule has 0 aliphatic rings. The highest BCUT2D eigenvalue weighted by Gasteiger charge is 2.33. The van der Waals surface area contributed by atoms with Gasteiger partial charge in [0, 0.05) is 25.7 Å². The lowest BCUT2D eigenvalue weighted by molar-refractivity contribution is -0.142. The van der Waals surface area contributed by atoms with Gasteiger partial charge < -0.3 is 63.0 Å². The molecule has 0 bridgehead atoms. The molecule has 13 N–H and O–H groups in total. The number of hydrogen-bond acceptors (Lipinski definition) is 12. The molecule has 0 aromatic heterocycles. The molecule has 6 atom stereocenters. The largest absolute Gasteiger partial charge is 0.481 e. The summed E-state index contributed by atoms with van der Waals surface area (Å²) >= 11 is 0. The summed E-state index contributed by atoms with van der Waals surface area (Å²) in [5.41, 5.74) is 5.41. The standard InChI is InChI=1S/C26H40N6O16/c1-11(26(47)48)28-22(43)13(2-6-17(34)35)30-24(45)15(4-8-19(38)39)32-25(46)16(5-9-20(40)41)31-23(44)14(3-7-18(36)37)29-21(42)12(27)10-33/h11-16,33H,2-10,27H2,1H3,(H,28,43)(H,29,42)(H,30,45)(H,31,44)(H,32,46)(H,34,35)(H,36,37)(H,38,39)(H,40,41)(H,47,48)/t11-,12-,13-,14-,15-,16-/m0/s1. The number of nitrogens with two attached hydrogens (primary N) is 1. The highest BCUT2D eigenvalue weighted by molar-refractivity contribution is 5.96. The number of carbonyl (C=O) groups is 10. The predicted molar refractivity (Wildman–Crippen MR) is 156 cm³/mol. The SMILES string of the molecule is C[C@H](NC(=O)[C@H](CCC(=O)O)NC(=O)[C@H](CCC(=O)O)NC(=O)[C@H](CCC(=O)O)NC(=O)[C@H](CCC(=O)O)NC(=O)[C@@H](N)CO)C(=O)O. The summed E-state index contributed by atoms with van der Waals surface area (Å²) in [5, 5.41) is 65.0. The Morgan fingerprint density at radius 3 is 0.958 bits per heavy atom. The number of carboxylic acid groups (broad SMARTS) is 5. The molecule has 0 aromatic rings. The van der Waals surface area contributed by atoms with Crippen LogP contribution in [0.4, 0.5) is 0 Å². The van der Waals surface area contributed by atoms with E-state index in [0.29, 0.717) is 0 Å². The maximum Gasteiger partial charge on any atom is 0.325 e. The van der Waals surface area contributed by atoms with Gasteiger partial charge in [-0.05, 0) is 32.6 Å². The quantitative estimate of drug-likeness (QED) is 0.0452.